The van der Waals surface area contributed by atoms with Gasteiger partial charge in [0.05, 0.1) is 35.4 Å². The number of aromatic nitrogens is 6. The molecule has 5 aromatic rings. The van der Waals surface area contributed by atoms with Gasteiger partial charge in [0.15, 0.2) is 0 Å². The molecule has 6 rings (SSSR count). The van der Waals surface area contributed by atoms with Crippen molar-refractivity contribution < 1.29 is 0 Å². The number of imidazole rings is 3. The van der Waals surface area contributed by atoms with Gasteiger partial charge < -0.3 is 15.3 Å². The van der Waals surface area contributed by atoms with E-state index in [1.807, 2.05) is 25.1 Å². The van der Waals surface area contributed by atoms with Gasteiger partial charge in [0.2, 0.25) is 0 Å². The van der Waals surface area contributed by atoms with E-state index in [2.05, 4.69) is 54.5 Å². The second kappa shape index (κ2) is 6.73. The molecule has 1 unspecified atom stereocenters. The Morgan fingerprint density at radius 1 is 1.10 bits per heavy atom. The molecule has 154 valence electrons. The van der Waals surface area contributed by atoms with E-state index in [4.69, 9.17) is 0 Å². The summed E-state index contributed by atoms with van der Waals surface area (Å²) in [4.78, 5) is 31.3. The maximum absolute atomic E-state index is 13.2. The third kappa shape index (κ3) is 2.79. The highest BCUT2D eigenvalue weighted by molar-refractivity contribution is 5.79. The van der Waals surface area contributed by atoms with Crippen molar-refractivity contribution in [1.82, 2.24) is 29.5 Å². The van der Waals surface area contributed by atoms with Crippen LogP contribution in [0.4, 0.5) is 5.82 Å². The molecule has 0 saturated carbocycles. The summed E-state index contributed by atoms with van der Waals surface area (Å²) >= 11 is 0. The molecular weight excluding hydrogens is 390 g/mol. The molecule has 0 radical (unpaired) electrons. The van der Waals surface area contributed by atoms with Crippen molar-refractivity contribution in [2.24, 2.45) is 0 Å². The van der Waals surface area contributed by atoms with Crippen molar-refractivity contribution in [2.75, 3.05) is 5.32 Å². The average Bonchev–Trinajstić information content (AvgIpc) is 3.55. The highest BCUT2D eigenvalue weighted by Crippen LogP contribution is 2.36. The molecule has 0 amide bonds. The number of rotatable bonds is 4. The van der Waals surface area contributed by atoms with Crippen LogP contribution in [0.25, 0.3) is 28.1 Å². The number of hydrogen-bond donors (Lipinski definition) is 4. The number of H-pyrrole nitrogens is 3. The first-order chi connectivity index (χ1) is 15.2. The summed E-state index contributed by atoms with van der Waals surface area (Å²) < 4.78 is 1.67. The number of aromatic amines is 3. The molecule has 4 N–H and O–H groups in total. The van der Waals surface area contributed by atoms with Gasteiger partial charge in [-0.15, -0.1) is 0 Å². The summed E-state index contributed by atoms with van der Waals surface area (Å²) in [6, 6.07) is 14.3. The Balaban J connectivity index is 1.52. The van der Waals surface area contributed by atoms with Crippen LogP contribution in [0.15, 0.2) is 59.9 Å². The number of nitrogens with one attached hydrogen (secondary N) is 4. The summed E-state index contributed by atoms with van der Waals surface area (Å²) in [6.45, 7) is 1.96. The molecule has 1 atom stereocenters. The molecule has 8 heteroatoms. The Labute approximate surface area is 177 Å². The molecule has 8 nitrogen and oxygen atoms in total. The van der Waals surface area contributed by atoms with Crippen LogP contribution < -0.4 is 11.0 Å². The largest absolute Gasteiger partial charge is 0.363 e. The molecule has 2 aromatic carbocycles. The van der Waals surface area contributed by atoms with E-state index in [1.54, 1.807) is 17.2 Å². The molecule has 3 aromatic heterocycles. The van der Waals surface area contributed by atoms with E-state index in [0.29, 0.717) is 11.5 Å². The van der Waals surface area contributed by atoms with Crippen molar-refractivity contribution in [3.8, 4) is 17.1 Å². The highest BCUT2D eigenvalue weighted by Gasteiger charge is 2.26. The number of fused-ring (bicyclic) bond motifs is 2. The zero-order valence-electron chi connectivity index (χ0n) is 16.9. The summed E-state index contributed by atoms with van der Waals surface area (Å²) in [5.74, 6) is 0.673. The molecule has 31 heavy (non-hydrogen) atoms. The Morgan fingerprint density at radius 2 is 1.97 bits per heavy atom. The van der Waals surface area contributed by atoms with Gasteiger partial charge in [-0.25, -0.2) is 14.8 Å². The fourth-order valence-electron chi connectivity index (χ4n) is 4.55. The third-order valence-electron chi connectivity index (χ3n) is 6.06. The molecular formula is C23H21N7O. The van der Waals surface area contributed by atoms with E-state index in [0.717, 1.165) is 41.0 Å². The van der Waals surface area contributed by atoms with E-state index >= 15 is 0 Å². The fraction of sp³-hybridized carbons (Fsp3) is 0.174. The average molecular weight is 411 g/mol. The number of hydrogen-bond acceptors (Lipinski definition) is 4. The smallest absolute Gasteiger partial charge is 0.332 e. The van der Waals surface area contributed by atoms with Crippen molar-refractivity contribution in [2.45, 2.75) is 25.8 Å². The molecule has 1 aliphatic rings. The first kappa shape index (κ1) is 17.8. The lowest BCUT2D eigenvalue weighted by molar-refractivity contribution is 0.758. The summed E-state index contributed by atoms with van der Waals surface area (Å²) in [6.07, 6.45) is 5.30. The van der Waals surface area contributed by atoms with Crippen LogP contribution in [0.2, 0.25) is 0 Å². The van der Waals surface area contributed by atoms with Crippen LogP contribution >= 0.6 is 0 Å². The number of benzene rings is 2. The monoisotopic (exact) mass is 411 g/mol. The van der Waals surface area contributed by atoms with Gasteiger partial charge in [-0.3, -0.25) is 9.55 Å². The van der Waals surface area contributed by atoms with Crippen molar-refractivity contribution in [3.63, 3.8) is 0 Å². The second-order valence-electron chi connectivity index (χ2n) is 7.90. The normalized spacial score (nSPS) is 15.5. The molecule has 3 heterocycles. The van der Waals surface area contributed by atoms with Gasteiger partial charge >= 0.3 is 5.69 Å². The molecule has 1 aliphatic carbocycles. The lowest BCUT2D eigenvalue weighted by Gasteiger charge is -2.16. The van der Waals surface area contributed by atoms with E-state index in [1.165, 1.54) is 11.1 Å². The molecule has 0 fully saturated rings. The molecule has 0 spiro atoms. The molecule has 0 bridgehead atoms. The molecule has 0 saturated heterocycles. The van der Waals surface area contributed by atoms with Crippen molar-refractivity contribution in [3.05, 3.63) is 82.4 Å². The summed E-state index contributed by atoms with van der Waals surface area (Å²) in [5, 5.41) is 3.59. The number of nitrogens with zero attached hydrogens (tertiary/aromatic N) is 3. The predicted octanol–water partition coefficient (Wildman–Crippen LogP) is 3.84. The first-order valence-electron chi connectivity index (χ1n) is 10.3. The minimum atomic E-state index is -0.218. The fourth-order valence-corrected chi connectivity index (χ4v) is 4.55. The van der Waals surface area contributed by atoms with Crippen LogP contribution in [-0.2, 0) is 6.42 Å². The van der Waals surface area contributed by atoms with Crippen LogP contribution in [0.3, 0.4) is 0 Å². The van der Waals surface area contributed by atoms with Crippen LogP contribution in [-0.4, -0.2) is 29.5 Å². The maximum Gasteiger partial charge on any atom is 0.332 e. The van der Waals surface area contributed by atoms with Crippen LogP contribution in [0, 0.1) is 6.92 Å². The van der Waals surface area contributed by atoms with Gasteiger partial charge in [0.1, 0.15) is 17.2 Å². The maximum atomic E-state index is 13.2. The predicted molar refractivity (Wildman–Crippen MR) is 119 cm³/mol. The first-order valence-corrected chi connectivity index (χ1v) is 10.3. The van der Waals surface area contributed by atoms with Crippen LogP contribution in [0.1, 0.15) is 29.3 Å². The van der Waals surface area contributed by atoms with Gasteiger partial charge in [-0.1, -0.05) is 24.3 Å². The lowest BCUT2D eigenvalue weighted by Crippen LogP contribution is -2.15. The van der Waals surface area contributed by atoms with Crippen molar-refractivity contribution >= 4 is 16.9 Å². The van der Waals surface area contributed by atoms with Gasteiger partial charge in [0, 0.05) is 5.69 Å². The number of aryl methyl sites for hydroxylation is 2. The summed E-state index contributed by atoms with van der Waals surface area (Å²) in [5.41, 5.74) is 7.22. The van der Waals surface area contributed by atoms with E-state index in [9.17, 15) is 4.79 Å². The van der Waals surface area contributed by atoms with Gasteiger partial charge in [-0.2, -0.15) is 0 Å². The Hall–Kier alpha value is -4.07. The molecule has 0 aliphatic heterocycles. The lowest BCUT2D eigenvalue weighted by atomic mass is 10.1. The number of anilines is 1. The Bertz CT molecular complexity index is 1470. The van der Waals surface area contributed by atoms with Gasteiger partial charge in [-0.05, 0) is 49.1 Å². The Kier molecular flexibility index (Phi) is 3.86. The van der Waals surface area contributed by atoms with Crippen molar-refractivity contribution in [1.29, 1.82) is 0 Å². The standard InChI is InChI=1S/C23H21N7O/c1-13-20(27-11-24-13)21-22(28-17-8-6-14-4-2-3-5-16(14)17)29-23(31)30(21)15-7-9-18-19(10-15)26-12-25-18/h2-5,7,9-12,17,28H,6,8H2,1H3,(H,24,27)(H,25,26)(H,29,31). The highest BCUT2D eigenvalue weighted by atomic mass is 16.1. The van der Waals surface area contributed by atoms with E-state index < -0.39 is 0 Å². The SMILES string of the molecule is Cc1[nH]cnc1-c1c(NC2CCc3ccccc32)[nH]c(=O)n1-c1ccc2nc[nH]c2c1. The zero-order chi connectivity index (χ0) is 20.9. The minimum Gasteiger partial charge on any atom is -0.363 e. The second-order valence-corrected chi connectivity index (χ2v) is 7.90. The van der Waals surface area contributed by atoms with Crippen LogP contribution in [0.5, 0.6) is 0 Å². The Morgan fingerprint density at radius 3 is 2.84 bits per heavy atom. The zero-order valence-corrected chi connectivity index (χ0v) is 16.9. The third-order valence-corrected chi connectivity index (χ3v) is 6.06. The minimum absolute atomic E-state index is 0.135. The van der Waals surface area contributed by atoms with Gasteiger partial charge in [0.25, 0.3) is 0 Å². The topological polar surface area (TPSA) is 107 Å². The van der Waals surface area contributed by atoms with E-state index in [-0.39, 0.29) is 11.7 Å². The quantitative estimate of drug-likeness (QED) is 0.360. The summed E-state index contributed by atoms with van der Waals surface area (Å²) in [7, 11) is 0.